The lowest BCUT2D eigenvalue weighted by atomic mass is 9.68. The van der Waals surface area contributed by atoms with E-state index in [0.29, 0.717) is 57.9 Å². The van der Waals surface area contributed by atoms with E-state index in [1.807, 2.05) is 31.3 Å². The van der Waals surface area contributed by atoms with E-state index in [1.54, 1.807) is 27.5 Å². The maximum absolute atomic E-state index is 6.68. The fourth-order valence-electron chi connectivity index (χ4n) is 8.56. The quantitative estimate of drug-likeness (QED) is 0.180. The Morgan fingerprint density at radius 1 is 0.904 bits per heavy atom. The summed E-state index contributed by atoms with van der Waals surface area (Å²) in [6.07, 6.45) is 11.5. The van der Waals surface area contributed by atoms with Crippen molar-refractivity contribution >= 4 is 29.1 Å². The van der Waals surface area contributed by atoms with Gasteiger partial charge in [0.15, 0.2) is 11.5 Å². The van der Waals surface area contributed by atoms with Crippen LogP contribution >= 0.6 is 11.6 Å². The fourth-order valence-corrected chi connectivity index (χ4v) is 8.71. The topological polar surface area (TPSA) is 110 Å². The van der Waals surface area contributed by atoms with Crippen LogP contribution < -0.4 is 10.6 Å². The summed E-state index contributed by atoms with van der Waals surface area (Å²) in [5, 5.41) is 7.42. The zero-order valence-corrected chi connectivity index (χ0v) is 32.9. The van der Waals surface area contributed by atoms with Gasteiger partial charge in [0.1, 0.15) is 17.3 Å². The molecule has 3 aromatic rings. The number of ether oxygens (including phenoxy) is 3. The Bertz CT molecular complexity index is 1800. The van der Waals surface area contributed by atoms with E-state index < -0.39 is 0 Å². The Morgan fingerprint density at radius 2 is 1.69 bits per heavy atom. The first-order valence-electron chi connectivity index (χ1n) is 18.4. The Morgan fingerprint density at radius 3 is 2.42 bits per heavy atom. The average Bonchev–Trinajstić information content (AvgIpc) is 3.56. The predicted molar refractivity (Wildman–Crippen MR) is 207 cm³/mol. The lowest BCUT2D eigenvalue weighted by Gasteiger charge is -2.40. The summed E-state index contributed by atoms with van der Waals surface area (Å²) < 4.78 is 16.7. The number of anilines is 3. The van der Waals surface area contributed by atoms with Gasteiger partial charge in [-0.1, -0.05) is 31.9 Å². The molecule has 11 nitrogen and oxygen atoms in total. The maximum Gasteiger partial charge on any atom is 0.225 e. The molecule has 0 radical (unpaired) electrons. The molecular weight excluding hydrogens is 676 g/mol. The number of aryl methyl sites for hydroxylation is 1. The van der Waals surface area contributed by atoms with Gasteiger partial charge in [0.2, 0.25) is 5.95 Å². The first-order chi connectivity index (χ1) is 25.0. The van der Waals surface area contributed by atoms with Crippen LogP contribution in [-0.4, -0.2) is 84.3 Å². The van der Waals surface area contributed by atoms with Crippen molar-refractivity contribution in [3.8, 4) is 11.4 Å². The van der Waals surface area contributed by atoms with E-state index in [2.05, 4.69) is 66.5 Å². The third kappa shape index (κ3) is 8.16. The standard InChI is InChI=1S/C40H55ClN8O3/c1-23-10-11-30-29(24(23)2)12-13-34(30)49(6)22-26-16-32(43-20-27(26)21-48(4)5)38-33(19-31(41)25(3)44-38)46-37-14-15-42-40(47-37)45-28-17-35(50-7)39(52-9)36(18-28)51-8/h14-17,19-20,23-24,28-30,34H,10-13,18,21-22H2,1-9H3,(H2,42,45,46,47). The molecule has 2 saturated carbocycles. The van der Waals surface area contributed by atoms with Gasteiger partial charge >= 0.3 is 0 Å². The first kappa shape index (κ1) is 37.8. The maximum atomic E-state index is 6.68. The van der Waals surface area contributed by atoms with E-state index in [0.717, 1.165) is 48.1 Å². The Hall–Kier alpha value is -3.93. The molecule has 0 aliphatic heterocycles. The van der Waals surface area contributed by atoms with Crippen molar-refractivity contribution in [3.63, 3.8) is 0 Å². The molecule has 6 unspecified atom stereocenters. The van der Waals surface area contributed by atoms with Crippen molar-refractivity contribution in [1.29, 1.82) is 0 Å². The first-order valence-corrected chi connectivity index (χ1v) is 18.8. The van der Waals surface area contributed by atoms with Crippen LogP contribution in [0.25, 0.3) is 11.4 Å². The van der Waals surface area contributed by atoms with Crippen molar-refractivity contribution in [2.24, 2.45) is 23.7 Å². The van der Waals surface area contributed by atoms with Gasteiger partial charge in [-0.2, -0.15) is 4.98 Å². The number of aromatic nitrogens is 4. The van der Waals surface area contributed by atoms with Crippen LogP contribution in [0.5, 0.6) is 0 Å². The number of rotatable bonds is 13. The lowest BCUT2D eigenvalue weighted by molar-refractivity contribution is 0.0850. The molecule has 6 atom stereocenters. The summed E-state index contributed by atoms with van der Waals surface area (Å²) in [5.74, 6) is 6.11. The highest BCUT2D eigenvalue weighted by atomic mass is 35.5. The molecule has 6 rings (SSSR count). The lowest BCUT2D eigenvalue weighted by Crippen LogP contribution is -2.40. The van der Waals surface area contributed by atoms with Gasteiger partial charge < -0.3 is 29.7 Å². The number of hydrogen-bond donors (Lipinski definition) is 2. The molecule has 52 heavy (non-hydrogen) atoms. The SMILES string of the molecule is COC1=CC(Nc2nccc(Nc3cc(Cl)c(C)nc3-c3cc(CN(C)C4CCC5C(C)C(C)CCC54)c(CN(C)C)cn3)n2)CC(OC)=C1OC. The van der Waals surface area contributed by atoms with E-state index in [1.165, 1.54) is 36.8 Å². The Kier molecular flexibility index (Phi) is 11.9. The molecule has 0 saturated heterocycles. The van der Waals surface area contributed by atoms with Crippen molar-refractivity contribution in [1.82, 2.24) is 29.7 Å². The Labute approximate surface area is 314 Å². The Balaban J connectivity index is 1.26. The highest BCUT2D eigenvalue weighted by Gasteiger charge is 2.44. The summed E-state index contributed by atoms with van der Waals surface area (Å²) in [6.45, 7) is 8.52. The fraction of sp³-hybridized carbons (Fsp3) is 0.550. The minimum atomic E-state index is -0.174. The van der Waals surface area contributed by atoms with Gasteiger partial charge in [0, 0.05) is 37.9 Å². The van der Waals surface area contributed by atoms with Crippen LogP contribution in [0.1, 0.15) is 62.8 Å². The molecule has 12 heteroatoms. The van der Waals surface area contributed by atoms with Crippen LogP contribution in [-0.2, 0) is 27.3 Å². The van der Waals surface area contributed by atoms with Crippen molar-refractivity contribution in [2.45, 2.75) is 78.0 Å². The molecule has 2 fully saturated rings. The van der Waals surface area contributed by atoms with E-state index in [9.17, 15) is 0 Å². The summed E-state index contributed by atoms with van der Waals surface area (Å²) in [7, 11) is 11.4. The number of nitrogens with one attached hydrogen (secondary N) is 2. The molecule has 2 N–H and O–H groups in total. The van der Waals surface area contributed by atoms with Gasteiger partial charge in [-0.25, -0.2) is 9.97 Å². The van der Waals surface area contributed by atoms with Gasteiger partial charge in [0.05, 0.1) is 49.5 Å². The summed E-state index contributed by atoms with van der Waals surface area (Å²) in [4.78, 5) is 24.0. The van der Waals surface area contributed by atoms with Gasteiger partial charge in [-0.3, -0.25) is 9.88 Å². The van der Waals surface area contributed by atoms with Crippen LogP contribution in [0, 0.1) is 30.6 Å². The van der Waals surface area contributed by atoms with E-state index in [-0.39, 0.29) is 6.04 Å². The molecule has 0 spiro atoms. The van der Waals surface area contributed by atoms with E-state index in [4.69, 9.17) is 40.8 Å². The number of methoxy groups -OCH3 is 3. The molecule has 3 aliphatic rings. The largest absolute Gasteiger partial charge is 0.497 e. The van der Waals surface area contributed by atoms with Crippen molar-refractivity contribution in [3.05, 3.63) is 75.8 Å². The number of fused-ring (bicyclic) bond motifs is 1. The second-order valence-electron chi connectivity index (χ2n) is 15.1. The number of hydrogen-bond acceptors (Lipinski definition) is 11. The van der Waals surface area contributed by atoms with Crippen molar-refractivity contribution in [2.75, 3.05) is 53.1 Å². The van der Waals surface area contributed by atoms with Gasteiger partial charge in [-0.05, 0) is 106 Å². The van der Waals surface area contributed by atoms with Crippen LogP contribution in [0.3, 0.4) is 0 Å². The molecule has 3 heterocycles. The summed E-state index contributed by atoms with van der Waals surface area (Å²) in [6, 6.07) is 6.36. The third-order valence-corrected chi connectivity index (χ3v) is 11.8. The molecule has 280 valence electrons. The number of pyridine rings is 2. The monoisotopic (exact) mass is 730 g/mol. The third-order valence-electron chi connectivity index (χ3n) is 11.5. The molecule has 0 bridgehead atoms. The van der Waals surface area contributed by atoms with Crippen LogP contribution in [0.2, 0.25) is 5.02 Å². The normalized spacial score (nSPS) is 24.5. The molecule has 3 aromatic heterocycles. The minimum absolute atomic E-state index is 0.174. The molecule has 0 aromatic carbocycles. The predicted octanol–water partition coefficient (Wildman–Crippen LogP) is 7.81. The summed E-state index contributed by atoms with van der Waals surface area (Å²) in [5.41, 5.74) is 5.45. The van der Waals surface area contributed by atoms with Gasteiger partial charge in [0.25, 0.3) is 0 Å². The second kappa shape index (κ2) is 16.4. The second-order valence-corrected chi connectivity index (χ2v) is 15.5. The zero-order chi connectivity index (χ0) is 37.1. The molecule has 0 amide bonds. The smallest absolute Gasteiger partial charge is 0.225 e. The van der Waals surface area contributed by atoms with Crippen molar-refractivity contribution < 1.29 is 14.2 Å². The minimum Gasteiger partial charge on any atom is -0.497 e. The number of nitrogens with zero attached hydrogens (tertiary/aromatic N) is 6. The van der Waals surface area contributed by atoms with Crippen LogP contribution in [0.15, 0.2) is 53.9 Å². The average molecular weight is 731 g/mol. The van der Waals surface area contributed by atoms with Crippen LogP contribution in [0.4, 0.5) is 17.5 Å². The number of halogens is 1. The highest BCUT2D eigenvalue weighted by molar-refractivity contribution is 6.31. The zero-order valence-electron chi connectivity index (χ0n) is 32.2. The van der Waals surface area contributed by atoms with E-state index >= 15 is 0 Å². The molecular formula is C40H55ClN8O3. The summed E-state index contributed by atoms with van der Waals surface area (Å²) >= 11 is 6.68. The highest BCUT2D eigenvalue weighted by Crippen LogP contribution is 2.49. The molecule has 3 aliphatic carbocycles. The van der Waals surface area contributed by atoms with Gasteiger partial charge in [-0.15, -0.1) is 0 Å².